The molecule has 0 aliphatic heterocycles. The molecule has 1 atom stereocenters. The number of rotatable bonds is 6. The zero-order chi connectivity index (χ0) is 43.3. The van der Waals surface area contributed by atoms with Crippen molar-refractivity contribution in [3.63, 3.8) is 0 Å². The molecule has 12 rings (SSSR count). The lowest BCUT2D eigenvalue weighted by molar-refractivity contribution is 0.264. The molecule has 308 valence electrons. The van der Waals surface area contributed by atoms with Gasteiger partial charge in [0.15, 0.2) is 11.6 Å². The van der Waals surface area contributed by atoms with Crippen LogP contribution in [0.4, 0.5) is 0 Å². The van der Waals surface area contributed by atoms with Crippen molar-refractivity contribution in [3.05, 3.63) is 199 Å². The van der Waals surface area contributed by atoms with Gasteiger partial charge in [-0.05, 0) is 74.4 Å². The Hall–Kier alpha value is -7.63. The number of hydrogen-bond acceptors (Lipinski definition) is 3. The van der Waals surface area contributed by atoms with E-state index in [4.69, 9.17) is 15.0 Å². The average Bonchev–Trinajstić information content (AvgIpc) is 3.91. The molecule has 0 bridgehead atoms. The van der Waals surface area contributed by atoms with Crippen LogP contribution in [0.5, 0.6) is 0 Å². The minimum Gasteiger partial charge on any atom is -0.307 e. The number of para-hydroxylation sites is 2. The van der Waals surface area contributed by atoms with E-state index in [0.717, 1.165) is 49.7 Å². The first-order valence-corrected chi connectivity index (χ1v) is 22.4. The average molecular weight is 826 g/mol. The molecule has 8 aromatic carbocycles. The third-order valence-electron chi connectivity index (χ3n) is 14.6. The van der Waals surface area contributed by atoms with Crippen molar-refractivity contribution in [3.8, 4) is 56.7 Å². The molecule has 1 aliphatic carbocycles. The number of benzene rings is 8. The van der Waals surface area contributed by atoms with E-state index in [-0.39, 0.29) is 10.8 Å². The molecule has 64 heavy (non-hydrogen) atoms. The molecule has 5 heteroatoms. The van der Waals surface area contributed by atoms with E-state index in [1.165, 1.54) is 44.2 Å². The van der Waals surface area contributed by atoms with Crippen molar-refractivity contribution in [2.75, 3.05) is 0 Å². The molecular formula is C59H47N5. The Bertz CT molecular complexity index is 3540. The van der Waals surface area contributed by atoms with Gasteiger partial charge in [0.1, 0.15) is 0 Å². The first-order chi connectivity index (χ1) is 31.2. The second-order valence-electron chi connectivity index (χ2n) is 18.6. The largest absolute Gasteiger partial charge is 0.307 e. The minimum absolute atomic E-state index is 0.0816. The standard InChI is InChI=1S/C59H47N5/c1-37-58(2,3)49-24-16-23-44(52(49)59(37,4)5)40-29-27-38(28-30-40)39-31-33-43(34-32-39)63-50-25-14-12-21-45(50)47-35-36-48-46-22-13-15-26-51(46)64(54(48)53(47)63)57-61-55(41-17-8-6-9-18-41)60-56(62-57)42-19-10-7-11-20-42/h6-37H,1-5H3. The van der Waals surface area contributed by atoms with Crippen molar-refractivity contribution in [2.45, 2.75) is 45.4 Å². The minimum atomic E-state index is 0.0816. The van der Waals surface area contributed by atoms with E-state index in [1.807, 2.05) is 36.4 Å². The summed E-state index contributed by atoms with van der Waals surface area (Å²) < 4.78 is 4.68. The molecule has 3 heterocycles. The first kappa shape index (κ1) is 38.1. The molecule has 5 nitrogen and oxygen atoms in total. The van der Waals surface area contributed by atoms with Crippen LogP contribution in [0.3, 0.4) is 0 Å². The molecule has 3 aromatic heterocycles. The van der Waals surface area contributed by atoms with Crippen molar-refractivity contribution < 1.29 is 0 Å². The fourth-order valence-corrected chi connectivity index (χ4v) is 10.9. The van der Waals surface area contributed by atoms with E-state index in [9.17, 15) is 0 Å². The fraction of sp³-hybridized carbons (Fsp3) is 0.136. The molecular weight excluding hydrogens is 779 g/mol. The van der Waals surface area contributed by atoms with Crippen molar-refractivity contribution in [1.29, 1.82) is 0 Å². The lowest BCUT2D eigenvalue weighted by atomic mass is 9.71. The summed E-state index contributed by atoms with van der Waals surface area (Å²) in [5, 5.41) is 4.63. The lowest BCUT2D eigenvalue weighted by Gasteiger charge is -2.33. The first-order valence-electron chi connectivity index (χ1n) is 22.4. The fourth-order valence-electron chi connectivity index (χ4n) is 10.9. The van der Waals surface area contributed by atoms with Gasteiger partial charge < -0.3 is 4.57 Å². The van der Waals surface area contributed by atoms with Crippen LogP contribution in [0, 0.1) is 5.92 Å². The molecule has 0 fully saturated rings. The van der Waals surface area contributed by atoms with Crippen molar-refractivity contribution >= 4 is 43.6 Å². The van der Waals surface area contributed by atoms with Gasteiger partial charge in [-0.25, -0.2) is 4.98 Å². The maximum Gasteiger partial charge on any atom is 0.238 e. The maximum atomic E-state index is 5.27. The van der Waals surface area contributed by atoms with Gasteiger partial charge >= 0.3 is 0 Å². The summed E-state index contributed by atoms with van der Waals surface area (Å²) in [6.45, 7) is 12.1. The second-order valence-corrected chi connectivity index (χ2v) is 18.6. The summed E-state index contributed by atoms with van der Waals surface area (Å²) in [6, 6.07) is 67.4. The van der Waals surface area contributed by atoms with E-state index in [0.29, 0.717) is 23.5 Å². The van der Waals surface area contributed by atoms with Crippen LogP contribution in [0.15, 0.2) is 188 Å². The van der Waals surface area contributed by atoms with Crippen LogP contribution in [-0.2, 0) is 10.8 Å². The summed E-state index contributed by atoms with van der Waals surface area (Å²) in [5.41, 5.74) is 15.4. The summed E-state index contributed by atoms with van der Waals surface area (Å²) in [4.78, 5) is 15.6. The zero-order valence-corrected chi connectivity index (χ0v) is 36.7. The molecule has 1 aliphatic rings. The van der Waals surface area contributed by atoms with Gasteiger partial charge in [-0.15, -0.1) is 0 Å². The Morgan fingerprint density at radius 1 is 0.391 bits per heavy atom. The normalized spacial score (nSPS) is 15.4. The molecule has 0 spiro atoms. The van der Waals surface area contributed by atoms with Gasteiger partial charge in [0.2, 0.25) is 5.95 Å². The third kappa shape index (κ3) is 5.66. The highest BCUT2D eigenvalue weighted by atomic mass is 15.2. The molecule has 1 unspecified atom stereocenters. The highest BCUT2D eigenvalue weighted by Crippen LogP contribution is 2.56. The van der Waals surface area contributed by atoms with Gasteiger partial charge in [0.25, 0.3) is 0 Å². The molecule has 0 N–H and O–H groups in total. The Kier molecular flexibility index (Phi) is 8.45. The Morgan fingerprint density at radius 2 is 0.875 bits per heavy atom. The summed E-state index contributed by atoms with van der Waals surface area (Å²) >= 11 is 0. The Labute approximate surface area is 373 Å². The van der Waals surface area contributed by atoms with Gasteiger partial charge in [0.05, 0.1) is 22.1 Å². The number of nitrogens with zero attached hydrogens (tertiary/aromatic N) is 5. The van der Waals surface area contributed by atoms with Gasteiger partial charge in [-0.1, -0.05) is 198 Å². The molecule has 0 saturated heterocycles. The quantitative estimate of drug-likeness (QED) is 0.168. The van der Waals surface area contributed by atoms with Gasteiger partial charge in [-0.2, -0.15) is 9.97 Å². The third-order valence-corrected chi connectivity index (χ3v) is 14.6. The molecule has 0 amide bonds. The van der Waals surface area contributed by atoms with Crippen molar-refractivity contribution in [2.24, 2.45) is 5.92 Å². The molecule has 11 aromatic rings. The van der Waals surface area contributed by atoms with Crippen LogP contribution < -0.4 is 0 Å². The Balaban J connectivity index is 1.03. The maximum absolute atomic E-state index is 5.27. The van der Waals surface area contributed by atoms with E-state index >= 15 is 0 Å². The summed E-state index contributed by atoms with van der Waals surface area (Å²) in [5.74, 6) is 2.36. The zero-order valence-electron chi connectivity index (χ0n) is 36.7. The second kappa shape index (κ2) is 14.2. The monoisotopic (exact) mass is 825 g/mol. The van der Waals surface area contributed by atoms with Gasteiger partial charge in [0, 0.05) is 38.4 Å². The van der Waals surface area contributed by atoms with Gasteiger partial charge in [-0.3, -0.25) is 4.57 Å². The highest BCUT2D eigenvalue weighted by Gasteiger charge is 2.49. The van der Waals surface area contributed by atoms with Crippen LogP contribution in [0.2, 0.25) is 0 Å². The Morgan fingerprint density at radius 3 is 1.45 bits per heavy atom. The molecule has 0 saturated carbocycles. The molecule has 0 radical (unpaired) electrons. The smallest absolute Gasteiger partial charge is 0.238 e. The number of hydrogen-bond donors (Lipinski definition) is 0. The van der Waals surface area contributed by atoms with Crippen LogP contribution >= 0.6 is 0 Å². The van der Waals surface area contributed by atoms with E-state index in [1.54, 1.807) is 0 Å². The van der Waals surface area contributed by atoms with Crippen LogP contribution in [0.25, 0.3) is 100 Å². The topological polar surface area (TPSA) is 48.5 Å². The van der Waals surface area contributed by atoms with Crippen LogP contribution in [0.1, 0.15) is 45.7 Å². The summed E-state index contributed by atoms with van der Waals surface area (Å²) in [7, 11) is 0. The predicted octanol–water partition coefficient (Wildman–Crippen LogP) is 14.9. The van der Waals surface area contributed by atoms with Crippen LogP contribution in [-0.4, -0.2) is 24.1 Å². The lowest BCUT2D eigenvalue weighted by Crippen LogP contribution is -2.31. The predicted molar refractivity (Wildman–Crippen MR) is 265 cm³/mol. The van der Waals surface area contributed by atoms with E-state index in [2.05, 4.69) is 195 Å². The number of aromatic nitrogens is 5. The summed E-state index contributed by atoms with van der Waals surface area (Å²) in [6.07, 6.45) is 0. The highest BCUT2D eigenvalue weighted by molar-refractivity contribution is 6.23. The number of fused-ring (bicyclic) bond motifs is 8. The van der Waals surface area contributed by atoms with Crippen molar-refractivity contribution in [1.82, 2.24) is 24.1 Å². The van der Waals surface area contributed by atoms with E-state index < -0.39 is 0 Å². The SMILES string of the molecule is CC1C(C)(C)c2cccc(-c3ccc(-c4ccc(-n5c6ccccc6c6ccc7c8ccccc8n(-c8nc(-c9ccccc9)nc(-c9ccccc9)n8)c7c65)cc4)cc3)c2C1(C)C.